The first kappa shape index (κ1) is 21.5. The van der Waals surface area contributed by atoms with Crippen LogP contribution in [0.4, 0.5) is 4.39 Å². The average molecular weight is 474 g/mol. The summed E-state index contributed by atoms with van der Waals surface area (Å²) in [6.45, 7) is 2.61. The fourth-order valence-electron chi connectivity index (χ4n) is 4.26. The van der Waals surface area contributed by atoms with Crippen LogP contribution in [0.5, 0.6) is 0 Å². The van der Waals surface area contributed by atoms with Crippen molar-refractivity contribution in [3.05, 3.63) is 60.0 Å². The molecule has 5 rings (SSSR count). The summed E-state index contributed by atoms with van der Waals surface area (Å²) in [5, 5.41) is 5.90. The van der Waals surface area contributed by atoms with Gasteiger partial charge in [0.05, 0.1) is 5.69 Å². The third kappa shape index (κ3) is 4.56. The zero-order chi connectivity index (χ0) is 22.1. The quantitative estimate of drug-likeness (QED) is 0.426. The number of nitrogens with zero attached hydrogens (tertiary/aromatic N) is 2. The molecular weight excluding hydrogens is 449 g/mol. The molecule has 9 heteroatoms. The normalized spacial score (nSPS) is 16.3. The van der Waals surface area contributed by atoms with Gasteiger partial charge in [0, 0.05) is 22.2 Å². The van der Waals surface area contributed by atoms with Crippen molar-refractivity contribution >= 4 is 42.4 Å². The van der Waals surface area contributed by atoms with Crippen molar-refractivity contribution < 1.29 is 17.3 Å². The largest absolute Gasteiger partial charge is 0.356 e. The molecule has 0 spiro atoms. The van der Waals surface area contributed by atoms with E-state index >= 15 is 0 Å². The number of aromatic nitrogens is 1. The molecule has 4 aromatic rings. The molecule has 2 aromatic carbocycles. The van der Waals surface area contributed by atoms with E-state index in [9.17, 15) is 12.8 Å². The van der Waals surface area contributed by atoms with Crippen LogP contribution in [0.25, 0.3) is 21.1 Å². The molecule has 0 saturated carbocycles. The molecule has 3 heterocycles. The standard InChI is InChI=1S/C23H24FN3O3S2/c24-17-7-8-19-20(25-30-21(19)15-17)5-3-11-27-12-9-18(10-13-27)26-32(28,29)23-14-16-4-1-2-6-22(16)31-23/h1-2,4,6-8,14-15,18,26H,3,5,9-13H2. The Balaban J connectivity index is 1.11. The molecule has 0 radical (unpaired) electrons. The Hall–Kier alpha value is -2.33. The van der Waals surface area contributed by atoms with E-state index in [-0.39, 0.29) is 11.9 Å². The van der Waals surface area contributed by atoms with E-state index in [4.69, 9.17) is 4.52 Å². The lowest BCUT2D eigenvalue weighted by molar-refractivity contribution is 0.205. The van der Waals surface area contributed by atoms with Crippen molar-refractivity contribution in [2.75, 3.05) is 19.6 Å². The first-order valence-electron chi connectivity index (χ1n) is 10.7. The molecular formula is C23H24FN3O3S2. The maximum absolute atomic E-state index is 13.3. The van der Waals surface area contributed by atoms with E-state index in [1.54, 1.807) is 12.1 Å². The van der Waals surface area contributed by atoms with Crippen LogP contribution in [-0.2, 0) is 16.4 Å². The third-order valence-corrected chi connectivity index (χ3v) is 9.08. The van der Waals surface area contributed by atoms with Gasteiger partial charge in [-0.25, -0.2) is 17.5 Å². The van der Waals surface area contributed by atoms with Crippen molar-refractivity contribution in [3.63, 3.8) is 0 Å². The third-order valence-electron chi connectivity index (χ3n) is 5.97. The Morgan fingerprint density at radius 3 is 2.78 bits per heavy atom. The molecule has 0 aliphatic carbocycles. The van der Waals surface area contributed by atoms with Gasteiger partial charge < -0.3 is 9.42 Å². The summed E-state index contributed by atoms with van der Waals surface area (Å²) >= 11 is 1.31. The number of thiophene rings is 1. The zero-order valence-electron chi connectivity index (χ0n) is 17.5. The number of rotatable bonds is 7. The van der Waals surface area contributed by atoms with Gasteiger partial charge in [0.15, 0.2) is 5.58 Å². The first-order valence-corrected chi connectivity index (χ1v) is 13.0. The van der Waals surface area contributed by atoms with Crippen molar-refractivity contribution in [3.8, 4) is 0 Å². The number of hydrogen-bond acceptors (Lipinski definition) is 6. The van der Waals surface area contributed by atoms with Crippen molar-refractivity contribution in [1.29, 1.82) is 0 Å². The summed E-state index contributed by atoms with van der Waals surface area (Å²) in [6.07, 6.45) is 3.25. The number of likely N-dealkylation sites (tertiary alicyclic amines) is 1. The molecule has 0 unspecified atom stereocenters. The van der Waals surface area contributed by atoms with Gasteiger partial charge in [-0.15, -0.1) is 11.3 Å². The van der Waals surface area contributed by atoms with Gasteiger partial charge in [-0.1, -0.05) is 23.4 Å². The molecule has 6 nitrogen and oxygen atoms in total. The molecule has 2 aromatic heterocycles. The van der Waals surface area contributed by atoms with Crippen LogP contribution in [0.3, 0.4) is 0 Å². The van der Waals surface area contributed by atoms with Gasteiger partial charge in [-0.05, 0) is 75.0 Å². The van der Waals surface area contributed by atoms with Crippen LogP contribution in [0.1, 0.15) is 25.0 Å². The van der Waals surface area contributed by atoms with E-state index in [1.807, 2.05) is 24.3 Å². The number of sulfonamides is 1. The molecule has 0 atom stereocenters. The van der Waals surface area contributed by atoms with Crippen molar-refractivity contribution in [2.45, 2.75) is 35.9 Å². The molecule has 1 N–H and O–H groups in total. The van der Waals surface area contributed by atoms with E-state index in [0.717, 1.165) is 66.5 Å². The Morgan fingerprint density at radius 2 is 1.97 bits per heavy atom. The van der Waals surface area contributed by atoms with Gasteiger partial charge in [0.1, 0.15) is 10.0 Å². The average Bonchev–Trinajstić information content (AvgIpc) is 3.39. The fraction of sp³-hybridized carbons (Fsp3) is 0.348. The van der Waals surface area contributed by atoms with Crippen LogP contribution >= 0.6 is 11.3 Å². The smallest absolute Gasteiger partial charge is 0.250 e. The fourth-order valence-corrected chi connectivity index (χ4v) is 6.98. The van der Waals surface area contributed by atoms with Crippen LogP contribution < -0.4 is 4.72 Å². The molecule has 1 aliphatic rings. The second-order valence-corrected chi connectivity index (χ2v) is 11.2. The number of benzene rings is 2. The number of aryl methyl sites for hydroxylation is 1. The second kappa shape index (κ2) is 8.90. The molecule has 1 fully saturated rings. The second-order valence-electron chi connectivity index (χ2n) is 8.21. The number of halogens is 1. The van der Waals surface area contributed by atoms with E-state index in [2.05, 4.69) is 14.8 Å². The van der Waals surface area contributed by atoms with Crippen molar-refractivity contribution in [1.82, 2.24) is 14.8 Å². The summed E-state index contributed by atoms with van der Waals surface area (Å²) in [7, 11) is -3.51. The summed E-state index contributed by atoms with van der Waals surface area (Å²) in [5.41, 5.74) is 1.33. The molecule has 0 bridgehead atoms. The lowest BCUT2D eigenvalue weighted by Crippen LogP contribution is -2.44. The summed E-state index contributed by atoms with van der Waals surface area (Å²) < 4.78 is 48.4. The number of fused-ring (bicyclic) bond motifs is 2. The van der Waals surface area contributed by atoms with Crippen LogP contribution in [0, 0.1) is 5.82 Å². The predicted molar refractivity (Wildman–Crippen MR) is 124 cm³/mol. The van der Waals surface area contributed by atoms with Gasteiger partial charge in [0.2, 0.25) is 10.0 Å². The predicted octanol–water partition coefficient (Wildman–Crippen LogP) is 4.56. The Bertz CT molecular complexity index is 1310. The monoisotopic (exact) mass is 473 g/mol. The highest BCUT2D eigenvalue weighted by Gasteiger charge is 2.25. The van der Waals surface area contributed by atoms with Gasteiger partial charge in [0.25, 0.3) is 0 Å². The first-order chi connectivity index (χ1) is 15.5. The molecule has 32 heavy (non-hydrogen) atoms. The highest BCUT2D eigenvalue weighted by molar-refractivity contribution is 7.91. The van der Waals surface area contributed by atoms with Crippen LogP contribution in [-0.4, -0.2) is 44.2 Å². The molecule has 1 aliphatic heterocycles. The lowest BCUT2D eigenvalue weighted by Gasteiger charge is -2.32. The summed E-state index contributed by atoms with van der Waals surface area (Å²) in [6, 6.07) is 13.9. The molecule has 1 saturated heterocycles. The maximum Gasteiger partial charge on any atom is 0.250 e. The highest BCUT2D eigenvalue weighted by Crippen LogP contribution is 2.29. The van der Waals surface area contributed by atoms with E-state index < -0.39 is 10.0 Å². The SMILES string of the molecule is O=S(=O)(NC1CCN(CCCc2noc3cc(F)ccc23)CC1)c1cc2ccccc2s1. The van der Waals surface area contributed by atoms with E-state index in [0.29, 0.717) is 9.79 Å². The van der Waals surface area contributed by atoms with E-state index in [1.165, 1.54) is 23.5 Å². The van der Waals surface area contributed by atoms with Crippen molar-refractivity contribution in [2.24, 2.45) is 0 Å². The Kier molecular flexibility index (Phi) is 5.98. The Labute approximate surface area is 190 Å². The number of nitrogens with one attached hydrogen (secondary N) is 1. The minimum atomic E-state index is -3.51. The molecule has 0 amide bonds. The Morgan fingerprint density at radius 1 is 1.16 bits per heavy atom. The molecule has 168 valence electrons. The van der Waals surface area contributed by atoms with Crippen LogP contribution in [0.15, 0.2) is 57.3 Å². The minimum Gasteiger partial charge on any atom is -0.356 e. The zero-order valence-corrected chi connectivity index (χ0v) is 19.1. The number of hydrogen-bond donors (Lipinski definition) is 1. The van der Waals surface area contributed by atoms with Gasteiger partial charge in [-0.2, -0.15) is 0 Å². The minimum absolute atomic E-state index is 0.0455. The van der Waals surface area contributed by atoms with Crippen LogP contribution in [0.2, 0.25) is 0 Å². The lowest BCUT2D eigenvalue weighted by atomic mass is 10.1. The summed E-state index contributed by atoms with van der Waals surface area (Å²) in [5.74, 6) is -0.328. The summed E-state index contributed by atoms with van der Waals surface area (Å²) in [4.78, 5) is 2.35. The topological polar surface area (TPSA) is 75.4 Å². The van der Waals surface area contributed by atoms with Gasteiger partial charge >= 0.3 is 0 Å². The van der Waals surface area contributed by atoms with Gasteiger partial charge in [-0.3, -0.25) is 0 Å². The highest BCUT2D eigenvalue weighted by atomic mass is 32.2. The maximum atomic E-state index is 13.3. The number of piperidine rings is 1.